The molecule has 0 heterocycles. The fraction of sp³-hybridized carbons (Fsp3) is 0.842. The standard InChI is InChI=1S/C19H28O2/c1-4-19(10-21-18(20)11(2)3)9-14-8-15(19)17-13-6-5-12(7-13)16(14)17/h12-17H,2,4-10H2,1,3H3. The van der Waals surface area contributed by atoms with Crippen molar-refractivity contribution in [3.8, 4) is 0 Å². The quantitative estimate of drug-likeness (QED) is 0.440. The van der Waals surface area contributed by atoms with Crippen LogP contribution in [-0.4, -0.2) is 12.6 Å². The molecule has 0 aromatic rings. The number of esters is 1. The van der Waals surface area contributed by atoms with E-state index in [1.165, 1.54) is 32.1 Å². The van der Waals surface area contributed by atoms with E-state index in [0.717, 1.165) is 41.9 Å². The van der Waals surface area contributed by atoms with Gasteiger partial charge in [-0.3, -0.25) is 0 Å². The van der Waals surface area contributed by atoms with Crippen LogP contribution in [0.3, 0.4) is 0 Å². The molecule has 7 atom stereocenters. The van der Waals surface area contributed by atoms with Gasteiger partial charge in [0.25, 0.3) is 0 Å². The van der Waals surface area contributed by atoms with Crippen LogP contribution in [0.4, 0.5) is 0 Å². The SMILES string of the molecule is C=C(C)C(=O)OCC1(CC)CC2CC1C1C3CCC(C3)C21. The lowest BCUT2D eigenvalue weighted by molar-refractivity contribution is -0.145. The highest BCUT2D eigenvalue weighted by molar-refractivity contribution is 5.86. The maximum absolute atomic E-state index is 11.8. The first kappa shape index (κ1) is 13.8. The Morgan fingerprint density at radius 2 is 1.90 bits per heavy atom. The summed E-state index contributed by atoms with van der Waals surface area (Å²) in [4.78, 5) is 11.8. The molecular weight excluding hydrogens is 260 g/mol. The lowest BCUT2D eigenvalue weighted by Crippen LogP contribution is -2.42. The summed E-state index contributed by atoms with van der Waals surface area (Å²) in [7, 11) is 0. The summed E-state index contributed by atoms with van der Waals surface area (Å²) in [5.41, 5.74) is 0.809. The van der Waals surface area contributed by atoms with Crippen molar-refractivity contribution in [1.82, 2.24) is 0 Å². The molecule has 4 bridgehead atoms. The lowest BCUT2D eigenvalue weighted by Gasteiger charge is -2.46. The van der Waals surface area contributed by atoms with Crippen molar-refractivity contribution in [2.75, 3.05) is 6.61 Å². The Balaban J connectivity index is 1.53. The average Bonchev–Trinajstić information content (AvgIpc) is 3.21. The molecule has 0 spiro atoms. The molecule has 0 aromatic heterocycles. The summed E-state index contributed by atoms with van der Waals surface area (Å²) >= 11 is 0. The van der Waals surface area contributed by atoms with Gasteiger partial charge >= 0.3 is 5.97 Å². The van der Waals surface area contributed by atoms with E-state index in [0.29, 0.717) is 12.2 Å². The van der Waals surface area contributed by atoms with Crippen LogP contribution in [-0.2, 0) is 9.53 Å². The monoisotopic (exact) mass is 288 g/mol. The van der Waals surface area contributed by atoms with Crippen LogP contribution in [0.5, 0.6) is 0 Å². The van der Waals surface area contributed by atoms with Gasteiger partial charge in [0.05, 0.1) is 6.61 Å². The van der Waals surface area contributed by atoms with Crippen molar-refractivity contribution in [2.24, 2.45) is 40.9 Å². The van der Waals surface area contributed by atoms with Crippen LogP contribution in [0, 0.1) is 40.9 Å². The van der Waals surface area contributed by atoms with E-state index in [9.17, 15) is 4.79 Å². The van der Waals surface area contributed by atoms with E-state index in [1.807, 2.05) is 0 Å². The van der Waals surface area contributed by atoms with E-state index in [-0.39, 0.29) is 11.4 Å². The van der Waals surface area contributed by atoms with Crippen molar-refractivity contribution in [1.29, 1.82) is 0 Å². The van der Waals surface area contributed by atoms with Gasteiger partial charge in [-0.15, -0.1) is 0 Å². The predicted molar refractivity (Wildman–Crippen MR) is 82.5 cm³/mol. The lowest BCUT2D eigenvalue weighted by atomic mass is 9.60. The zero-order valence-electron chi connectivity index (χ0n) is 13.4. The highest BCUT2D eigenvalue weighted by Gasteiger charge is 2.66. The highest BCUT2D eigenvalue weighted by atomic mass is 16.5. The third-order valence-electron chi connectivity index (χ3n) is 7.61. The number of carbonyl (C=O) groups excluding carboxylic acids is 1. The molecule has 0 aliphatic heterocycles. The largest absolute Gasteiger partial charge is 0.462 e. The van der Waals surface area contributed by atoms with Crippen LogP contribution in [0.2, 0.25) is 0 Å². The molecule has 7 unspecified atom stereocenters. The van der Waals surface area contributed by atoms with Gasteiger partial charge < -0.3 is 4.74 Å². The highest BCUT2D eigenvalue weighted by Crippen LogP contribution is 2.72. The number of rotatable bonds is 4. The molecule has 4 aliphatic rings. The van der Waals surface area contributed by atoms with Gasteiger partial charge in [-0.1, -0.05) is 13.5 Å². The minimum absolute atomic E-state index is 0.199. The molecular formula is C19H28O2. The maximum Gasteiger partial charge on any atom is 0.333 e. The molecule has 21 heavy (non-hydrogen) atoms. The zero-order chi connectivity index (χ0) is 14.8. The van der Waals surface area contributed by atoms with E-state index in [2.05, 4.69) is 13.5 Å². The minimum Gasteiger partial charge on any atom is -0.462 e. The second-order valence-electron chi connectivity index (χ2n) is 8.37. The molecule has 0 radical (unpaired) electrons. The molecule has 0 aromatic carbocycles. The van der Waals surface area contributed by atoms with Gasteiger partial charge in [-0.05, 0) is 81.0 Å². The Morgan fingerprint density at radius 3 is 2.57 bits per heavy atom. The summed E-state index contributed by atoms with van der Waals surface area (Å²) in [6.45, 7) is 8.39. The van der Waals surface area contributed by atoms with Crippen molar-refractivity contribution in [3.05, 3.63) is 12.2 Å². The summed E-state index contributed by atoms with van der Waals surface area (Å²) in [5.74, 6) is 5.59. The van der Waals surface area contributed by atoms with E-state index in [4.69, 9.17) is 4.74 Å². The average molecular weight is 288 g/mol. The first-order valence-electron chi connectivity index (χ1n) is 8.88. The van der Waals surface area contributed by atoms with Gasteiger partial charge in [0.15, 0.2) is 0 Å². The molecule has 116 valence electrons. The first-order chi connectivity index (χ1) is 10.1. The van der Waals surface area contributed by atoms with Crippen LogP contribution >= 0.6 is 0 Å². The predicted octanol–water partition coefficient (Wildman–Crippen LogP) is 4.20. The number of ether oxygens (including phenoxy) is 1. The number of carbonyl (C=O) groups is 1. The summed E-state index contributed by atoms with van der Waals surface area (Å²) in [6.07, 6.45) is 8.37. The van der Waals surface area contributed by atoms with Gasteiger partial charge in [-0.2, -0.15) is 0 Å². The van der Waals surface area contributed by atoms with Crippen LogP contribution in [0.1, 0.15) is 52.4 Å². The van der Waals surface area contributed by atoms with Crippen molar-refractivity contribution in [3.63, 3.8) is 0 Å². The van der Waals surface area contributed by atoms with Gasteiger partial charge in [0.2, 0.25) is 0 Å². The van der Waals surface area contributed by atoms with E-state index < -0.39 is 0 Å². The molecule has 4 aliphatic carbocycles. The van der Waals surface area contributed by atoms with Crippen LogP contribution < -0.4 is 0 Å². The summed E-state index contributed by atoms with van der Waals surface area (Å²) in [5, 5.41) is 0. The maximum atomic E-state index is 11.8. The number of hydrogen-bond donors (Lipinski definition) is 0. The van der Waals surface area contributed by atoms with Crippen LogP contribution in [0.15, 0.2) is 12.2 Å². The Bertz CT molecular complexity index is 482. The Morgan fingerprint density at radius 1 is 1.19 bits per heavy atom. The minimum atomic E-state index is -0.199. The van der Waals surface area contributed by atoms with Gasteiger partial charge in [0, 0.05) is 11.0 Å². The fourth-order valence-corrected chi connectivity index (χ4v) is 6.88. The van der Waals surface area contributed by atoms with E-state index >= 15 is 0 Å². The van der Waals surface area contributed by atoms with Crippen molar-refractivity contribution < 1.29 is 9.53 Å². The third kappa shape index (κ3) is 1.80. The molecule has 0 saturated heterocycles. The normalized spacial score (nSPS) is 49.4. The summed E-state index contributed by atoms with van der Waals surface area (Å²) < 4.78 is 5.62. The topological polar surface area (TPSA) is 26.3 Å². The molecule has 4 fully saturated rings. The molecule has 2 heteroatoms. The zero-order valence-corrected chi connectivity index (χ0v) is 13.4. The molecule has 4 rings (SSSR count). The molecule has 2 nitrogen and oxygen atoms in total. The second-order valence-corrected chi connectivity index (χ2v) is 8.37. The molecule has 0 amide bonds. The number of fused-ring (bicyclic) bond motifs is 9. The number of hydrogen-bond acceptors (Lipinski definition) is 2. The van der Waals surface area contributed by atoms with Crippen LogP contribution in [0.25, 0.3) is 0 Å². The fourth-order valence-electron chi connectivity index (χ4n) is 6.88. The summed E-state index contributed by atoms with van der Waals surface area (Å²) in [6, 6.07) is 0. The Kier molecular flexibility index (Phi) is 3.03. The molecule has 4 saturated carbocycles. The van der Waals surface area contributed by atoms with Gasteiger partial charge in [0.1, 0.15) is 0 Å². The third-order valence-corrected chi connectivity index (χ3v) is 7.61. The smallest absolute Gasteiger partial charge is 0.333 e. The van der Waals surface area contributed by atoms with Crippen molar-refractivity contribution >= 4 is 5.97 Å². The second kappa shape index (κ2) is 4.60. The Labute approximate surface area is 128 Å². The first-order valence-corrected chi connectivity index (χ1v) is 8.88. The Hall–Kier alpha value is -0.790. The van der Waals surface area contributed by atoms with E-state index in [1.54, 1.807) is 6.92 Å². The molecule has 0 N–H and O–H groups in total. The van der Waals surface area contributed by atoms with Gasteiger partial charge in [-0.25, -0.2) is 4.79 Å². The van der Waals surface area contributed by atoms with Crippen molar-refractivity contribution in [2.45, 2.75) is 52.4 Å².